The van der Waals surface area contributed by atoms with Crippen molar-refractivity contribution in [2.75, 3.05) is 6.26 Å². The van der Waals surface area contributed by atoms with Crippen LogP contribution in [-0.4, -0.2) is 20.6 Å². The van der Waals surface area contributed by atoms with Crippen LogP contribution >= 0.6 is 0 Å². The molecular weight excluding hydrogens is 383 g/mol. The Morgan fingerprint density at radius 3 is 2.37 bits per heavy atom. The molecule has 1 aromatic heterocycles. The molecule has 1 aromatic carbocycles. The van der Waals surface area contributed by atoms with Crippen LogP contribution in [-0.2, 0) is 16.0 Å². The highest BCUT2D eigenvalue weighted by Crippen LogP contribution is 2.32. The van der Waals surface area contributed by atoms with Crippen LogP contribution in [0.5, 0.6) is 0 Å². The minimum atomic E-state index is -4.49. The zero-order chi connectivity index (χ0) is 20.4. The van der Waals surface area contributed by atoms with Gasteiger partial charge >= 0.3 is 6.18 Å². The number of nitrogens with one attached hydrogen (secondary N) is 1. The van der Waals surface area contributed by atoms with Gasteiger partial charge in [-0.3, -0.25) is 4.79 Å². The van der Waals surface area contributed by atoms with Crippen molar-refractivity contribution < 1.29 is 30.8 Å². The van der Waals surface area contributed by atoms with Gasteiger partial charge in [-0.1, -0.05) is 26.0 Å². The predicted molar refractivity (Wildman–Crippen MR) is 92.9 cm³/mol. The molecule has 9 heteroatoms. The SMILES string of the molecule is CC(C)CC(NC(=O)c1ccc(S(C)(=O)=O)o1)c1cccc(C(F)(F)F)c1. The number of halogens is 3. The summed E-state index contributed by atoms with van der Waals surface area (Å²) in [5.74, 6) is -0.836. The highest BCUT2D eigenvalue weighted by Gasteiger charge is 2.31. The summed E-state index contributed by atoms with van der Waals surface area (Å²) in [6.07, 6.45) is -3.15. The van der Waals surface area contributed by atoms with Gasteiger partial charge in [0, 0.05) is 6.26 Å². The minimum Gasteiger partial charge on any atom is -0.440 e. The maximum absolute atomic E-state index is 13.0. The minimum absolute atomic E-state index is 0.0908. The Bertz CT molecular complexity index is 917. The Balaban J connectivity index is 2.29. The van der Waals surface area contributed by atoms with Crippen LogP contribution < -0.4 is 5.32 Å². The van der Waals surface area contributed by atoms with Gasteiger partial charge in [0.15, 0.2) is 5.76 Å². The average molecular weight is 403 g/mol. The van der Waals surface area contributed by atoms with E-state index < -0.39 is 33.5 Å². The molecule has 0 spiro atoms. The topological polar surface area (TPSA) is 76.4 Å². The summed E-state index contributed by atoms with van der Waals surface area (Å²) in [5.41, 5.74) is -0.498. The molecule has 0 aliphatic heterocycles. The lowest BCUT2D eigenvalue weighted by molar-refractivity contribution is -0.137. The van der Waals surface area contributed by atoms with Gasteiger partial charge in [0.25, 0.3) is 5.91 Å². The molecule has 1 N–H and O–H groups in total. The lowest BCUT2D eigenvalue weighted by Gasteiger charge is -2.21. The Morgan fingerprint density at radius 1 is 1.19 bits per heavy atom. The molecule has 0 aliphatic carbocycles. The quantitative estimate of drug-likeness (QED) is 0.784. The van der Waals surface area contributed by atoms with E-state index in [-0.39, 0.29) is 16.8 Å². The molecule has 1 amide bonds. The number of hydrogen-bond donors (Lipinski definition) is 1. The summed E-state index contributed by atoms with van der Waals surface area (Å²) in [6.45, 7) is 3.75. The molecule has 1 heterocycles. The van der Waals surface area contributed by atoms with Crippen LogP contribution in [0.4, 0.5) is 13.2 Å². The van der Waals surface area contributed by atoms with Gasteiger partial charge in [0.1, 0.15) is 0 Å². The zero-order valence-corrected chi connectivity index (χ0v) is 15.8. The molecule has 27 heavy (non-hydrogen) atoms. The van der Waals surface area contributed by atoms with Crippen molar-refractivity contribution in [1.82, 2.24) is 5.32 Å². The molecule has 0 aliphatic rings. The summed E-state index contributed by atoms with van der Waals surface area (Å²) in [4.78, 5) is 12.4. The van der Waals surface area contributed by atoms with Gasteiger partial charge in [0.05, 0.1) is 11.6 Å². The number of alkyl halides is 3. The summed E-state index contributed by atoms with van der Waals surface area (Å²) < 4.78 is 66.9. The molecule has 0 saturated carbocycles. The van der Waals surface area contributed by atoms with Crippen molar-refractivity contribution in [1.29, 1.82) is 0 Å². The van der Waals surface area contributed by atoms with E-state index in [4.69, 9.17) is 4.42 Å². The summed E-state index contributed by atoms with van der Waals surface area (Å²) in [6, 6.07) is 6.43. The van der Waals surface area contributed by atoms with Gasteiger partial charge in [-0.15, -0.1) is 0 Å². The number of benzene rings is 1. The second-order valence-electron chi connectivity index (χ2n) is 6.67. The molecule has 2 aromatic rings. The number of sulfone groups is 1. The third kappa shape index (κ3) is 5.59. The van der Waals surface area contributed by atoms with E-state index in [1.807, 2.05) is 13.8 Å². The Hall–Kier alpha value is -2.29. The Labute approximate surface area is 155 Å². The van der Waals surface area contributed by atoms with Crippen LogP contribution in [0.1, 0.15) is 48.0 Å². The van der Waals surface area contributed by atoms with Crippen LogP contribution in [0.3, 0.4) is 0 Å². The first-order valence-corrected chi connectivity index (χ1v) is 10.0. The molecule has 0 fully saturated rings. The summed E-state index contributed by atoms with van der Waals surface area (Å²) in [5, 5.41) is 2.28. The van der Waals surface area contributed by atoms with Crippen LogP contribution in [0, 0.1) is 5.92 Å². The molecule has 0 radical (unpaired) electrons. The molecule has 0 saturated heterocycles. The molecule has 148 valence electrons. The summed E-state index contributed by atoms with van der Waals surface area (Å²) >= 11 is 0. The monoisotopic (exact) mass is 403 g/mol. The van der Waals surface area contributed by atoms with Gasteiger partial charge in [-0.05, 0) is 42.2 Å². The zero-order valence-electron chi connectivity index (χ0n) is 15.0. The standard InChI is InChI=1S/C18H20F3NO4S/c1-11(2)9-14(12-5-4-6-13(10-12)18(19,20)21)22-17(23)15-7-8-16(26-15)27(3,24)25/h4-8,10-11,14H,9H2,1-3H3,(H,22,23). The van der Waals surface area contributed by atoms with Crippen molar-refractivity contribution in [3.05, 3.63) is 53.3 Å². The lowest BCUT2D eigenvalue weighted by atomic mass is 9.95. The molecule has 0 bridgehead atoms. The number of carbonyl (C=O) groups excluding carboxylic acids is 1. The van der Waals surface area contributed by atoms with Crippen molar-refractivity contribution in [3.63, 3.8) is 0 Å². The van der Waals surface area contributed by atoms with E-state index in [9.17, 15) is 26.4 Å². The van der Waals surface area contributed by atoms with E-state index in [0.717, 1.165) is 24.5 Å². The van der Waals surface area contributed by atoms with Crippen LogP contribution in [0.2, 0.25) is 0 Å². The fourth-order valence-corrected chi connectivity index (χ4v) is 3.11. The van der Waals surface area contributed by atoms with E-state index >= 15 is 0 Å². The third-order valence-corrected chi connectivity index (χ3v) is 4.75. The van der Waals surface area contributed by atoms with Crippen molar-refractivity contribution >= 4 is 15.7 Å². The Kier molecular flexibility index (Phi) is 6.04. The van der Waals surface area contributed by atoms with Crippen molar-refractivity contribution in [2.24, 2.45) is 5.92 Å². The normalized spacial score (nSPS) is 13.6. The maximum Gasteiger partial charge on any atom is 0.416 e. The number of hydrogen-bond acceptors (Lipinski definition) is 4. The fourth-order valence-electron chi connectivity index (χ4n) is 2.55. The average Bonchev–Trinajstić information content (AvgIpc) is 3.03. The van der Waals surface area contributed by atoms with Gasteiger partial charge in [0.2, 0.25) is 14.9 Å². The number of carbonyl (C=O) groups is 1. The third-order valence-electron chi connectivity index (χ3n) is 3.80. The number of rotatable bonds is 6. The van der Waals surface area contributed by atoms with E-state index in [0.29, 0.717) is 12.0 Å². The number of furan rings is 1. The maximum atomic E-state index is 13.0. The van der Waals surface area contributed by atoms with Gasteiger partial charge in [-0.25, -0.2) is 8.42 Å². The lowest BCUT2D eigenvalue weighted by Crippen LogP contribution is -2.29. The predicted octanol–water partition coefficient (Wildman–Crippen LogP) is 4.22. The van der Waals surface area contributed by atoms with Gasteiger partial charge in [-0.2, -0.15) is 13.2 Å². The van der Waals surface area contributed by atoms with Crippen molar-refractivity contribution in [2.45, 2.75) is 37.6 Å². The highest BCUT2D eigenvalue weighted by molar-refractivity contribution is 7.90. The number of amides is 1. The summed E-state index contributed by atoms with van der Waals surface area (Å²) in [7, 11) is -3.61. The second-order valence-corrected chi connectivity index (χ2v) is 8.62. The van der Waals surface area contributed by atoms with E-state index in [1.165, 1.54) is 18.2 Å². The molecule has 2 rings (SSSR count). The molecule has 1 atom stereocenters. The van der Waals surface area contributed by atoms with Crippen molar-refractivity contribution in [3.8, 4) is 0 Å². The molecular formula is C18H20F3NO4S. The first-order chi connectivity index (χ1) is 12.4. The Morgan fingerprint density at radius 2 is 1.85 bits per heavy atom. The second kappa shape index (κ2) is 7.75. The fraction of sp³-hybridized carbons (Fsp3) is 0.389. The molecule has 1 unspecified atom stereocenters. The van der Waals surface area contributed by atoms with E-state index in [1.54, 1.807) is 0 Å². The highest BCUT2D eigenvalue weighted by atomic mass is 32.2. The van der Waals surface area contributed by atoms with E-state index in [2.05, 4.69) is 5.32 Å². The smallest absolute Gasteiger partial charge is 0.416 e. The van der Waals surface area contributed by atoms with Crippen LogP contribution in [0.15, 0.2) is 45.9 Å². The first kappa shape index (κ1) is 21.0. The largest absolute Gasteiger partial charge is 0.440 e. The van der Waals surface area contributed by atoms with Crippen LogP contribution in [0.25, 0.3) is 0 Å². The molecule has 5 nitrogen and oxygen atoms in total. The first-order valence-electron chi connectivity index (χ1n) is 8.16. The van der Waals surface area contributed by atoms with Gasteiger partial charge < -0.3 is 9.73 Å².